The molecular weight excluding hydrogens is 152 g/mol. The Bertz CT molecular complexity index is 231. The van der Waals surface area contributed by atoms with Gasteiger partial charge in [0.15, 0.2) is 0 Å². The molecule has 1 unspecified atom stereocenters. The molecule has 0 radical (unpaired) electrons. The number of nitrogens with one attached hydrogen (secondary N) is 2. The first kappa shape index (κ1) is 9.06. The standard InChI is InChI=1S/C8H16N4/c1-7(9-2)6-10-8-4-5-12(3)11-8/h4-5,7,9H,6H2,1-3H3,(H,10,11). The third-order valence-electron chi connectivity index (χ3n) is 1.80. The van der Waals surface area contributed by atoms with Crippen LogP contribution in [-0.4, -0.2) is 29.4 Å². The van der Waals surface area contributed by atoms with Gasteiger partial charge in [-0.05, 0) is 14.0 Å². The third-order valence-corrected chi connectivity index (χ3v) is 1.80. The molecule has 4 nitrogen and oxygen atoms in total. The van der Waals surface area contributed by atoms with Crippen molar-refractivity contribution >= 4 is 5.82 Å². The summed E-state index contributed by atoms with van der Waals surface area (Å²) in [5, 5.41) is 10.6. The molecule has 0 aliphatic rings. The summed E-state index contributed by atoms with van der Waals surface area (Å²) in [7, 11) is 3.86. The number of likely N-dealkylation sites (N-methyl/N-ethyl adjacent to an activating group) is 1. The number of hydrogen-bond donors (Lipinski definition) is 2. The zero-order chi connectivity index (χ0) is 8.97. The third kappa shape index (κ3) is 2.54. The number of nitrogens with zero attached hydrogens (tertiary/aromatic N) is 2. The minimum atomic E-state index is 0.465. The van der Waals surface area contributed by atoms with Crippen molar-refractivity contribution in [3.05, 3.63) is 12.3 Å². The molecule has 12 heavy (non-hydrogen) atoms. The molecule has 1 aromatic heterocycles. The van der Waals surface area contributed by atoms with Crippen molar-refractivity contribution in [1.82, 2.24) is 15.1 Å². The van der Waals surface area contributed by atoms with Crippen LogP contribution in [0.2, 0.25) is 0 Å². The lowest BCUT2D eigenvalue weighted by Gasteiger charge is -2.09. The number of rotatable bonds is 4. The largest absolute Gasteiger partial charge is 0.367 e. The SMILES string of the molecule is CNC(C)CNc1ccn(C)n1. The molecule has 0 aliphatic carbocycles. The zero-order valence-corrected chi connectivity index (χ0v) is 7.83. The van der Waals surface area contributed by atoms with Crippen LogP contribution in [0.1, 0.15) is 6.92 Å². The highest BCUT2D eigenvalue weighted by molar-refractivity contribution is 5.32. The van der Waals surface area contributed by atoms with Gasteiger partial charge in [-0.15, -0.1) is 0 Å². The van der Waals surface area contributed by atoms with Crippen molar-refractivity contribution in [2.24, 2.45) is 7.05 Å². The van der Waals surface area contributed by atoms with Crippen LogP contribution in [0.15, 0.2) is 12.3 Å². The lowest BCUT2D eigenvalue weighted by molar-refractivity contribution is 0.635. The van der Waals surface area contributed by atoms with Crippen LogP contribution < -0.4 is 10.6 Å². The van der Waals surface area contributed by atoms with E-state index < -0.39 is 0 Å². The second-order valence-electron chi connectivity index (χ2n) is 2.95. The van der Waals surface area contributed by atoms with E-state index in [1.165, 1.54) is 0 Å². The smallest absolute Gasteiger partial charge is 0.148 e. The van der Waals surface area contributed by atoms with Crippen LogP contribution in [0.5, 0.6) is 0 Å². The van der Waals surface area contributed by atoms with E-state index in [2.05, 4.69) is 22.7 Å². The fourth-order valence-corrected chi connectivity index (χ4v) is 0.869. The summed E-state index contributed by atoms with van der Waals surface area (Å²) in [4.78, 5) is 0. The monoisotopic (exact) mass is 168 g/mol. The van der Waals surface area contributed by atoms with E-state index in [0.29, 0.717) is 6.04 Å². The molecule has 68 valence electrons. The first-order chi connectivity index (χ1) is 5.72. The molecule has 0 saturated heterocycles. The van der Waals surface area contributed by atoms with Crippen molar-refractivity contribution in [2.45, 2.75) is 13.0 Å². The van der Waals surface area contributed by atoms with E-state index in [1.54, 1.807) is 4.68 Å². The van der Waals surface area contributed by atoms with Gasteiger partial charge in [0, 0.05) is 31.9 Å². The first-order valence-corrected chi connectivity index (χ1v) is 4.13. The molecule has 0 amide bonds. The van der Waals surface area contributed by atoms with E-state index in [9.17, 15) is 0 Å². The Morgan fingerprint density at radius 1 is 1.67 bits per heavy atom. The minimum Gasteiger partial charge on any atom is -0.367 e. The molecule has 2 N–H and O–H groups in total. The predicted octanol–water partition coefficient (Wildman–Crippen LogP) is 0.440. The maximum absolute atomic E-state index is 4.19. The summed E-state index contributed by atoms with van der Waals surface area (Å²) < 4.78 is 1.78. The number of aromatic nitrogens is 2. The molecule has 1 atom stereocenters. The van der Waals surface area contributed by atoms with Crippen LogP contribution in [0.25, 0.3) is 0 Å². The molecule has 1 aromatic rings. The number of anilines is 1. The highest BCUT2D eigenvalue weighted by Crippen LogP contribution is 1.99. The van der Waals surface area contributed by atoms with Crippen LogP contribution >= 0.6 is 0 Å². The van der Waals surface area contributed by atoms with Gasteiger partial charge in [-0.1, -0.05) is 0 Å². The van der Waals surface area contributed by atoms with E-state index in [1.807, 2.05) is 26.4 Å². The Morgan fingerprint density at radius 3 is 2.92 bits per heavy atom. The van der Waals surface area contributed by atoms with Gasteiger partial charge in [0.2, 0.25) is 0 Å². The normalized spacial score (nSPS) is 12.9. The highest BCUT2D eigenvalue weighted by Gasteiger charge is 1.98. The van der Waals surface area contributed by atoms with E-state index >= 15 is 0 Å². The van der Waals surface area contributed by atoms with E-state index in [-0.39, 0.29) is 0 Å². The molecule has 0 saturated carbocycles. The molecule has 1 rings (SSSR count). The molecule has 4 heteroatoms. The fraction of sp³-hybridized carbons (Fsp3) is 0.625. The quantitative estimate of drug-likeness (QED) is 0.685. The average Bonchev–Trinajstić information content (AvgIpc) is 2.47. The summed E-state index contributed by atoms with van der Waals surface area (Å²) in [6.07, 6.45) is 1.92. The van der Waals surface area contributed by atoms with Crippen molar-refractivity contribution < 1.29 is 0 Å². The Labute approximate surface area is 73.0 Å². The second-order valence-corrected chi connectivity index (χ2v) is 2.95. The van der Waals surface area contributed by atoms with Gasteiger partial charge < -0.3 is 10.6 Å². The minimum absolute atomic E-state index is 0.465. The van der Waals surface area contributed by atoms with Crippen molar-refractivity contribution in [2.75, 3.05) is 18.9 Å². The average molecular weight is 168 g/mol. The van der Waals surface area contributed by atoms with Crippen LogP contribution in [0.3, 0.4) is 0 Å². The van der Waals surface area contributed by atoms with Crippen LogP contribution in [0.4, 0.5) is 5.82 Å². The maximum Gasteiger partial charge on any atom is 0.148 e. The number of hydrogen-bond acceptors (Lipinski definition) is 3. The Kier molecular flexibility index (Phi) is 3.10. The van der Waals surface area contributed by atoms with Gasteiger partial charge >= 0.3 is 0 Å². The lowest BCUT2D eigenvalue weighted by Crippen LogP contribution is -2.29. The summed E-state index contributed by atoms with van der Waals surface area (Å²) >= 11 is 0. The van der Waals surface area contributed by atoms with Gasteiger partial charge in [0.25, 0.3) is 0 Å². The maximum atomic E-state index is 4.19. The summed E-state index contributed by atoms with van der Waals surface area (Å²) in [5.74, 6) is 0.930. The zero-order valence-electron chi connectivity index (χ0n) is 7.83. The van der Waals surface area contributed by atoms with Gasteiger partial charge in [0.05, 0.1) is 0 Å². The molecule has 1 heterocycles. The Balaban J connectivity index is 2.33. The summed E-state index contributed by atoms with van der Waals surface area (Å²) in [5.41, 5.74) is 0. The molecule has 0 fully saturated rings. The Hall–Kier alpha value is -1.03. The van der Waals surface area contributed by atoms with Crippen molar-refractivity contribution in [3.8, 4) is 0 Å². The summed E-state index contributed by atoms with van der Waals surface area (Å²) in [6.45, 7) is 3.02. The molecule has 0 spiro atoms. The van der Waals surface area contributed by atoms with Gasteiger partial charge in [-0.25, -0.2) is 0 Å². The van der Waals surface area contributed by atoms with E-state index in [0.717, 1.165) is 12.4 Å². The van der Waals surface area contributed by atoms with Gasteiger partial charge in [0.1, 0.15) is 5.82 Å². The number of aryl methyl sites for hydroxylation is 1. The molecular formula is C8H16N4. The van der Waals surface area contributed by atoms with Crippen LogP contribution in [-0.2, 0) is 7.05 Å². The Morgan fingerprint density at radius 2 is 2.42 bits per heavy atom. The predicted molar refractivity (Wildman–Crippen MR) is 50.2 cm³/mol. The summed E-state index contributed by atoms with van der Waals surface area (Å²) in [6, 6.07) is 2.43. The first-order valence-electron chi connectivity index (χ1n) is 4.13. The highest BCUT2D eigenvalue weighted by atomic mass is 15.3. The molecule has 0 aromatic carbocycles. The fourth-order valence-electron chi connectivity index (χ4n) is 0.869. The molecule has 0 aliphatic heterocycles. The topological polar surface area (TPSA) is 41.9 Å². The second kappa shape index (κ2) is 4.11. The van der Waals surface area contributed by atoms with Crippen molar-refractivity contribution in [3.63, 3.8) is 0 Å². The van der Waals surface area contributed by atoms with Gasteiger partial charge in [-0.3, -0.25) is 4.68 Å². The van der Waals surface area contributed by atoms with Gasteiger partial charge in [-0.2, -0.15) is 5.10 Å². The molecule has 0 bridgehead atoms. The van der Waals surface area contributed by atoms with Crippen molar-refractivity contribution in [1.29, 1.82) is 0 Å². The lowest BCUT2D eigenvalue weighted by atomic mass is 10.3. The van der Waals surface area contributed by atoms with E-state index in [4.69, 9.17) is 0 Å². The van der Waals surface area contributed by atoms with Crippen LogP contribution in [0, 0.1) is 0 Å².